The molecule has 22 heavy (non-hydrogen) atoms. The van der Waals surface area contributed by atoms with E-state index in [0.717, 1.165) is 32.4 Å². The Hall–Kier alpha value is -2.26. The summed E-state index contributed by atoms with van der Waals surface area (Å²) in [5, 5.41) is 2.13. The normalized spacial score (nSPS) is 12.4. The van der Waals surface area contributed by atoms with Crippen molar-refractivity contribution in [1.29, 1.82) is 0 Å². The summed E-state index contributed by atoms with van der Waals surface area (Å²) in [4.78, 5) is 14.0. The summed E-state index contributed by atoms with van der Waals surface area (Å²) < 4.78 is 5.64. The molecule has 0 spiro atoms. The highest BCUT2D eigenvalue weighted by Crippen LogP contribution is 2.50. The third-order valence-electron chi connectivity index (χ3n) is 4.20. The first-order valence-corrected chi connectivity index (χ1v) is 8.31. The van der Waals surface area contributed by atoms with Crippen molar-refractivity contribution in [3.8, 4) is 16.9 Å². The minimum Gasteiger partial charge on any atom is -0.495 e. The SMILES string of the molecule is COc1c2c(c(SC)c3ccccc13)-c1ccccc1C2=O. The minimum atomic E-state index is 0.0588. The Bertz CT molecular complexity index is 928. The van der Waals surface area contributed by atoms with Crippen LogP contribution in [0.15, 0.2) is 53.4 Å². The van der Waals surface area contributed by atoms with Gasteiger partial charge in [-0.15, -0.1) is 11.8 Å². The molecule has 0 heterocycles. The van der Waals surface area contributed by atoms with Gasteiger partial charge in [0.25, 0.3) is 0 Å². The van der Waals surface area contributed by atoms with Crippen LogP contribution in [-0.4, -0.2) is 19.1 Å². The van der Waals surface area contributed by atoms with E-state index < -0.39 is 0 Å². The molecule has 0 amide bonds. The van der Waals surface area contributed by atoms with Crippen LogP contribution in [-0.2, 0) is 0 Å². The van der Waals surface area contributed by atoms with Gasteiger partial charge >= 0.3 is 0 Å². The van der Waals surface area contributed by atoms with E-state index in [2.05, 4.69) is 12.3 Å². The van der Waals surface area contributed by atoms with E-state index in [-0.39, 0.29) is 5.78 Å². The molecule has 4 rings (SSSR count). The molecule has 0 unspecified atom stereocenters. The zero-order valence-corrected chi connectivity index (χ0v) is 13.2. The molecule has 3 aromatic rings. The van der Waals surface area contributed by atoms with Crippen LogP contribution in [0.25, 0.3) is 21.9 Å². The molecule has 0 bridgehead atoms. The Morgan fingerprint density at radius 2 is 1.50 bits per heavy atom. The van der Waals surface area contributed by atoms with E-state index in [1.54, 1.807) is 18.9 Å². The highest BCUT2D eigenvalue weighted by Gasteiger charge is 2.33. The second-order valence-electron chi connectivity index (χ2n) is 5.24. The van der Waals surface area contributed by atoms with Gasteiger partial charge in [-0.3, -0.25) is 4.79 Å². The van der Waals surface area contributed by atoms with Crippen molar-refractivity contribution in [2.75, 3.05) is 13.4 Å². The fourth-order valence-corrected chi connectivity index (χ4v) is 4.12. The van der Waals surface area contributed by atoms with E-state index in [0.29, 0.717) is 11.3 Å². The quantitative estimate of drug-likeness (QED) is 0.498. The zero-order chi connectivity index (χ0) is 15.3. The Kier molecular flexibility index (Phi) is 2.98. The number of ketones is 1. The number of rotatable bonds is 2. The van der Waals surface area contributed by atoms with Gasteiger partial charge in [0.05, 0.1) is 12.7 Å². The van der Waals surface area contributed by atoms with Crippen molar-refractivity contribution in [3.63, 3.8) is 0 Å². The molecule has 0 atom stereocenters. The van der Waals surface area contributed by atoms with E-state index in [9.17, 15) is 4.79 Å². The first-order chi connectivity index (χ1) is 10.8. The fraction of sp³-hybridized carbons (Fsp3) is 0.105. The molecule has 3 heteroatoms. The summed E-state index contributed by atoms with van der Waals surface area (Å²) in [6.07, 6.45) is 2.06. The largest absolute Gasteiger partial charge is 0.495 e. The van der Waals surface area contributed by atoms with Crippen LogP contribution in [0.2, 0.25) is 0 Å². The lowest BCUT2D eigenvalue weighted by molar-refractivity contribution is 0.104. The maximum atomic E-state index is 12.9. The van der Waals surface area contributed by atoms with Crippen molar-refractivity contribution in [3.05, 3.63) is 59.7 Å². The number of fused-ring (bicyclic) bond motifs is 4. The van der Waals surface area contributed by atoms with Crippen LogP contribution in [0.5, 0.6) is 5.75 Å². The average molecular weight is 306 g/mol. The van der Waals surface area contributed by atoms with Crippen LogP contribution in [0.4, 0.5) is 0 Å². The van der Waals surface area contributed by atoms with E-state index in [4.69, 9.17) is 4.74 Å². The van der Waals surface area contributed by atoms with Crippen LogP contribution >= 0.6 is 11.8 Å². The van der Waals surface area contributed by atoms with Gasteiger partial charge in [-0.05, 0) is 17.2 Å². The molecule has 0 fully saturated rings. The maximum Gasteiger partial charge on any atom is 0.198 e. The highest BCUT2D eigenvalue weighted by molar-refractivity contribution is 7.99. The lowest BCUT2D eigenvalue weighted by atomic mass is 9.98. The van der Waals surface area contributed by atoms with Crippen LogP contribution in [0, 0.1) is 0 Å². The van der Waals surface area contributed by atoms with Crippen molar-refractivity contribution >= 4 is 28.3 Å². The summed E-state index contributed by atoms with van der Waals surface area (Å²) in [5.74, 6) is 0.744. The number of methoxy groups -OCH3 is 1. The van der Waals surface area contributed by atoms with Crippen molar-refractivity contribution in [1.82, 2.24) is 0 Å². The highest BCUT2D eigenvalue weighted by atomic mass is 32.2. The maximum absolute atomic E-state index is 12.9. The van der Waals surface area contributed by atoms with E-state index in [1.807, 2.05) is 42.5 Å². The molecule has 3 aromatic carbocycles. The average Bonchev–Trinajstić information content (AvgIpc) is 2.86. The van der Waals surface area contributed by atoms with E-state index >= 15 is 0 Å². The molecule has 0 saturated carbocycles. The fourth-order valence-electron chi connectivity index (χ4n) is 3.31. The third-order valence-corrected chi connectivity index (χ3v) is 5.03. The van der Waals surface area contributed by atoms with Gasteiger partial charge in [0.15, 0.2) is 5.78 Å². The Balaban J connectivity index is 2.25. The van der Waals surface area contributed by atoms with Gasteiger partial charge in [0.2, 0.25) is 0 Å². The molecule has 0 saturated heterocycles. The number of carbonyl (C=O) groups excluding carboxylic acids is 1. The predicted octanol–water partition coefficient (Wildman–Crippen LogP) is 4.78. The molecule has 0 aromatic heterocycles. The molecule has 108 valence electrons. The Morgan fingerprint density at radius 1 is 0.864 bits per heavy atom. The lowest BCUT2D eigenvalue weighted by Crippen LogP contribution is -2.00. The first-order valence-electron chi connectivity index (χ1n) is 7.08. The predicted molar refractivity (Wildman–Crippen MR) is 91.1 cm³/mol. The van der Waals surface area contributed by atoms with Crippen LogP contribution in [0.3, 0.4) is 0 Å². The second-order valence-corrected chi connectivity index (χ2v) is 6.05. The van der Waals surface area contributed by atoms with Gasteiger partial charge in [-0.1, -0.05) is 48.5 Å². The van der Waals surface area contributed by atoms with Gasteiger partial charge in [0, 0.05) is 21.4 Å². The van der Waals surface area contributed by atoms with Gasteiger partial charge in [-0.25, -0.2) is 0 Å². The third kappa shape index (κ3) is 1.60. The number of ether oxygens (including phenoxy) is 1. The molecular formula is C19H14O2S. The second kappa shape index (κ2) is 4.89. The lowest BCUT2D eigenvalue weighted by Gasteiger charge is -2.15. The number of thioether (sulfide) groups is 1. The van der Waals surface area contributed by atoms with Crippen molar-refractivity contribution < 1.29 is 9.53 Å². The summed E-state index contributed by atoms with van der Waals surface area (Å²) in [7, 11) is 1.64. The molecule has 0 aliphatic heterocycles. The smallest absolute Gasteiger partial charge is 0.198 e. The molecule has 0 radical (unpaired) electrons. The standard InChI is InChI=1S/C19H14O2S/c1-21-18-13-9-5-6-10-14(13)19(22-2)15-11-7-3-4-8-12(11)17(20)16(15)18/h3-10H,1-2H3. The summed E-state index contributed by atoms with van der Waals surface area (Å²) in [5.41, 5.74) is 3.49. The van der Waals surface area contributed by atoms with Gasteiger partial charge in [-0.2, -0.15) is 0 Å². The molecule has 2 nitrogen and oxygen atoms in total. The monoisotopic (exact) mass is 306 g/mol. The topological polar surface area (TPSA) is 26.3 Å². The minimum absolute atomic E-state index is 0.0588. The van der Waals surface area contributed by atoms with E-state index in [1.165, 1.54) is 0 Å². The summed E-state index contributed by atoms with van der Waals surface area (Å²) >= 11 is 1.68. The van der Waals surface area contributed by atoms with Gasteiger partial charge in [0.1, 0.15) is 5.75 Å². The Labute approximate surface area is 133 Å². The summed E-state index contributed by atoms with van der Waals surface area (Å²) in [6.45, 7) is 0. The Morgan fingerprint density at radius 3 is 2.18 bits per heavy atom. The number of carbonyl (C=O) groups is 1. The zero-order valence-electron chi connectivity index (χ0n) is 12.3. The van der Waals surface area contributed by atoms with Crippen LogP contribution in [0.1, 0.15) is 15.9 Å². The number of hydrogen-bond donors (Lipinski definition) is 0. The summed E-state index contributed by atoms with van der Waals surface area (Å²) in [6, 6.07) is 15.9. The molecular weight excluding hydrogens is 292 g/mol. The number of hydrogen-bond acceptors (Lipinski definition) is 3. The first kappa shape index (κ1) is 13.4. The van der Waals surface area contributed by atoms with Crippen molar-refractivity contribution in [2.45, 2.75) is 4.90 Å². The molecule has 0 N–H and O–H groups in total. The number of benzene rings is 3. The van der Waals surface area contributed by atoms with Crippen LogP contribution < -0.4 is 4.74 Å². The van der Waals surface area contributed by atoms with Gasteiger partial charge < -0.3 is 4.74 Å². The van der Waals surface area contributed by atoms with Crippen molar-refractivity contribution in [2.24, 2.45) is 0 Å². The molecule has 1 aliphatic carbocycles. The molecule has 1 aliphatic rings.